The first-order valence-electron chi connectivity index (χ1n) is 5.65. The molecule has 17 heavy (non-hydrogen) atoms. The fourth-order valence-electron chi connectivity index (χ4n) is 1.20. The summed E-state index contributed by atoms with van der Waals surface area (Å²) in [5.74, 6) is 0.437. The third-order valence-corrected chi connectivity index (χ3v) is 2.14. The summed E-state index contributed by atoms with van der Waals surface area (Å²) in [5.41, 5.74) is -0.144. The Labute approximate surface area is 100 Å². The summed E-state index contributed by atoms with van der Waals surface area (Å²) < 4.78 is 5.13. The molecule has 0 spiro atoms. The predicted molar refractivity (Wildman–Crippen MR) is 61.6 cm³/mol. The Balaban J connectivity index is 2.28. The molecule has 2 N–H and O–H groups in total. The number of hydrogen-bond donors (Lipinski definition) is 2. The molecule has 1 aromatic rings. The van der Waals surface area contributed by atoms with E-state index in [-0.39, 0.29) is 11.8 Å². The summed E-state index contributed by atoms with van der Waals surface area (Å²) in [7, 11) is 0. The average molecular weight is 241 g/mol. The van der Waals surface area contributed by atoms with Crippen LogP contribution in [-0.4, -0.2) is 27.8 Å². The molecule has 0 radical (unpaired) electrons. The first-order chi connectivity index (χ1) is 7.89. The van der Waals surface area contributed by atoms with E-state index < -0.39 is 5.97 Å². The van der Waals surface area contributed by atoms with Crippen molar-refractivity contribution in [1.29, 1.82) is 0 Å². The summed E-state index contributed by atoms with van der Waals surface area (Å²) >= 11 is 0. The Morgan fingerprint density at radius 2 is 2.18 bits per heavy atom. The smallest absolute Gasteiger partial charge is 0.303 e. The summed E-state index contributed by atoms with van der Waals surface area (Å²) in [6.07, 6.45) is 0.770. The first-order valence-corrected chi connectivity index (χ1v) is 5.65. The van der Waals surface area contributed by atoms with Crippen LogP contribution >= 0.6 is 0 Å². The second-order valence-corrected chi connectivity index (χ2v) is 4.94. The molecule has 0 aliphatic carbocycles. The molecule has 0 saturated heterocycles. The van der Waals surface area contributed by atoms with Crippen LogP contribution in [0.5, 0.6) is 0 Å². The fourth-order valence-corrected chi connectivity index (χ4v) is 1.20. The van der Waals surface area contributed by atoms with Gasteiger partial charge in [0, 0.05) is 11.8 Å². The molecule has 96 valence electrons. The minimum absolute atomic E-state index is 0.144. The molecule has 0 aromatic carbocycles. The highest BCUT2D eigenvalue weighted by Gasteiger charge is 2.21. The quantitative estimate of drug-likeness (QED) is 0.730. The standard InChI is InChI=1S/C11H19N3O3/c1-11(2,3)10-13-8(14-17-10)7-12-6-4-5-9(15)16/h12H,4-7H2,1-3H3,(H,15,16). The maximum absolute atomic E-state index is 10.3. The molecule has 6 nitrogen and oxygen atoms in total. The Morgan fingerprint density at radius 3 is 2.71 bits per heavy atom. The minimum Gasteiger partial charge on any atom is -0.481 e. The molecule has 0 aliphatic rings. The highest BCUT2D eigenvalue weighted by molar-refractivity contribution is 5.66. The molecule has 1 aromatic heterocycles. The van der Waals surface area contributed by atoms with E-state index in [1.165, 1.54) is 0 Å². The van der Waals surface area contributed by atoms with Crippen molar-refractivity contribution in [3.8, 4) is 0 Å². The van der Waals surface area contributed by atoms with Crippen molar-refractivity contribution in [2.75, 3.05) is 6.54 Å². The predicted octanol–water partition coefficient (Wildman–Crippen LogP) is 1.32. The van der Waals surface area contributed by atoms with Crippen molar-refractivity contribution in [3.63, 3.8) is 0 Å². The topological polar surface area (TPSA) is 88.2 Å². The fraction of sp³-hybridized carbons (Fsp3) is 0.727. The van der Waals surface area contributed by atoms with E-state index >= 15 is 0 Å². The van der Waals surface area contributed by atoms with Gasteiger partial charge in [-0.15, -0.1) is 0 Å². The molecular formula is C11H19N3O3. The molecular weight excluding hydrogens is 222 g/mol. The van der Waals surface area contributed by atoms with Crippen molar-refractivity contribution < 1.29 is 14.4 Å². The van der Waals surface area contributed by atoms with E-state index in [1.807, 2.05) is 20.8 Å². The molecule has 0 fully saturated rings. The number of hydrogen-bond acceptors (Lipinski definition) is 5. The zero-order valence-corrected chi connectivity index (χ0v) is 10.5. The van der Waals surface area contributed by atoms with Crippen LogP contribution in [0.3, 0.4) is 0 Å². The van der Waals surface area contributed by atoms with Gasteiger partial charge in [-0.05, 0) is 13.0 Å². The minimum atomic E-state index is -0.777. The number of carbonyl (C=O) groups is 1. The van der Waals surface area contributed by atoms with E-state index in [0.29, 0.717) is 31.2 Å². The molecule has 0 unspecified atom stereocenters. The van der Waals surface area contributed by atoms with E-state index in [0.717, 1.165) is 0 Å². The van der Waals surface area contributed by atoms with E-state index in [1.54, 1.807) is 0 Å². The monoisotopic (exact) mass is 241 g/mol. The van der Waals surface area contributed by atoms with E-state index in [2.05, 4.69) is 15.5 Å². The Hall–Kier alpha value is -1.43. The molecule has 0 atom stereocenters. The number of carboxylic acids is 1. The van der Waals surface area contributed by atoms with Gasteiger partial charge >= 0.3 is 5.97 Å². The molecule has 6 heteroatoms. The zero-order chi connectivity index (χ0) is 12.9. The lowest BCUT2D eigenvalue weighted by molar-refractivity contribution is -0.137. The van der Waals surface area contributed by atoms with Gasteiger partial charge in [-0.3, -0.25) is 4.79 Å². The van der Waals surface area contributed by atoms with Gasteiger partial charge in [0.15, 0.2) is 5.82 Å². The number of nitrogens with zero attached hydrogens (tertiary/aromatic N) is 2. The molecule has 0 aliphatic heterocycles. The van der Waals surface area contributed by atoms with Gasteiger partial charge in [-0.1, -0.05) is 25.9 Å². The average Bonchev–Trinajstić information content (AvgIpc) is 2.64. The Bertz CT molecular complexity index is 368. The maximum atomic E-state index is 10.3. The van der Waals surface area contributed by atoms with Gasteiger partial charge in [0.1, 0.15) is 0 Å². The Morgan fingerprint density at radius 1 is 1.47 bits per heavy atom. The van der Waals surface area contributed by atoms with E-state index in [9.17, 15) is 4.79 Å². The van der Waals surface area contributed by atoms with Gasteiger partial charge in [0.05, 0.1) is 6.54 Å². The van der Waals surface area contributed by atoms with Gasteiger partial charge in [-0.25, -0.2) is 0 Å². The molecule has 1 rings (SSSR count). The third kappa shape index (κ3) is 4.95. The van der Waals surface area contributed by atoms with Crippen LogP contribution in [0.2, 0.25) is 0 Å². The van der Waals surface area contributed by atoms with Crippen molar-refractivity contribution in [1.82, 2.24) is 15.5 Å². The van der Waals surface area contributed by atoms with Crippen molar-refractivity contribution in [2.45, 2.75) is 45.6 Å². The first kappa shape index (κ1) is 13.6. The molecule has 0 bridgehead atoms. The largest absolute Gasteiger partial charge is 0.481 e. The second kappa shape index (κ2) is 5.77. The van der Waals surface area contributed by atoms with Gasteiger partial charge in [0.2, 0.25) is 5.89 Å². The highest BCUT2D eigenvalue weighted by atomic mass is 16.5. The van der Waals surface area contributed by atoms with Gasteiger partial charge < -0.3 is 14.9 Å². The summed E-state index contributed by atoms with van der Waals surface area (Å²) in [6, 6.07) is 0. The summed E-state index contributed by atoms with van der Waals surface area (Å²) in [6.45, 7) is 7.14. The molecule has 0 saturated carbocycles. The lowest BCUT2D eigenvalue weighted by Gasteiger charge is -2.10. The Kier molecular flexibility index (Phi) is 4.62. The van der Waals surface area contributed by atoms with Crippen LogP contribution in [0.15, 0.2) is 4.52 Å². The number of nitrogens with one attached hydrogen (secondary N) is 1. The SMILES string of the molecule is CC(C)(C)c1nc(CNCCCC(=O)O)no1. The van der Waals surface area contributed by atoms with Crippen molar-refractivity contribution >= 4 is 5.97 Å². The van der Waals surface area contributed by atoms with Crippen LogP contribution in [0, 0.1) is 0 Å². The van der Waals surface area contributed by atoms with E-state index in [4.69, 9.17) is 9.63 Å². The van der Waals surface area contributed by atoms with Gasteiger partial charge in [-0.2, -0.15) is 4.98 Å². The lowest BCUT2D eigenvalue weighted by atomic mass is 9.97. The normalized spacial score (nSPS) is 11.7. The second-order valence-electron chi connectivity index (χ2n) is 4.94. The van der Waals surface area contributed by atoms with Crippen LogP contribution in [0.25, 0.3) is 0 Å². The van der Waals surface area contributed by atoms with Crippen molar-refractivity contribution in [3.05, 3.63) is 11.7 Å². The highest BCUT2D eigenvalue weighted by Crippen LogP contribution is 2.19. The maximum Gasteiger partial charge on any atom is 0.303 e. The van der Waals surface area contributed by atoms with Crippen LogP contribution in [0.4, 0.5) is 0 Å². The van der Waals surface area contributed by atoms with Crippen LogP contribution in [-0.2, 0) is 16.8 Å². The zero-order valence-electron chi connectivity index (χ0n) is 10.5. The number of rotatable bonds is 6. The molecule has 0 amide bonds. The number of aromatic nitrogens is 2. The van der Waals surface area contributed by atoms with Crippen molar-refractivity contribution in [2.24, 2.45) is 0 Å². The number of carboxylic acid groups (broad SMARTS) is 1. The summed E-state index contributed by atoms with van der Waals surface area (Å²) in [4.78, 5) is 14.5. The van der Waals surface area contributed by atoms with Crippen LogP contribution < -0.4 is 5.32 Å². The van der Waals surface area contributed by atoms with Gasteiger partial charge in [0.25, 0.3) is 0 Å². The summed E-state index contributed by atoms with van der Waals surface area (Å²) in [5, 5.41) is 15.4. The molecule has 1 heterocycles. The lowest BCUT2D eigenvalue weighted by Crippen LogP contribution is -2.17. The third-order valence-electron chi connectivity index (χ3n) is 2.14. The van der Waals surface area contributed by atoms with Crippen LogP contribution in [0.1, 0.15) is 45.3 Å². The number of aliphatic carboxylic acids is 1.